The van der Waals surface area contributed by atoms with Gasteiger partial charge < -0.3 is 15.3 Å². The number of phenolic OH excluding ortho intramolecular Hbond substituents is 1. The third kappa shape index (κ3) is 1.72. The molecule has 0 radical (unpaired) electrons. The molecule has 3 amide bonds. The lowest BCUT2D eigenvalue weighted by Crippen LogP contribution is -2.45. The van der Waals surface area contributed by atoms with Gasteiger partial charge in [0.2, 0.25) is 0 Å². The maximum Gasteiger partial charge on any atom is 0.322 e. The van der Waals surface area contributed by atoms with Gasteiger partial charge in [-0.25, -0.2) is 4.79 Å². The Bertz CT molecular complexity index is 621. The number of amides is 3. The standard InChI is InChI=1S/C14H15N3O3/c1-16-7-10-11(13(16)19)12(15-14(20)17(10)2)8-3-5-9(18)6-4-8/h3-6,12,18H,7H2,1-2H3,(H,15,20)/t12-/m0/s1. The van der Waals surface area contributed by atoms with Crippen molar-refractivity contribution >= 4 is 11.9 Å². The minimum absolute atomic E-state index is 0.0788. The molecular formula is C14H15N3O3. The van der Waals surface area contributed by atoms with Gasteiger partial charge in [-0.15, -0.1) is 0 Å². The summed E-state index contributed by atoms with van der Waals surface area (Å²) in [4.78, 5) is 27.4. The van der Waals surface area contributed by atoms with E-state index in [1.54, 1.807) is 43.3 Å². The van der Waals surface area contributed by atoms with Crippen LogP contribution in [0.15, 0.2) is 35.5 Å². The summed E-state index contributed by atoms with van der Waals surface area (Å²) < 4.78 is 0. The molecule has 1 aromatic carbocycles. The Kier molecular flexibility index (Phi) is 2.67. The first-order valence-electron chi connectivity index (χ1n) is 6.30. The van der Waals surface area contributed by atoms with E-state index in [0.717, 1.165) is 11.3 Å². The second-order valence-corrected chi connectivity index (χ2v) is 5.05. The van der Waals surface area contributed by atoms with Crippen molar-refractivity contribution in [3.8, 4) is 5.75 Å². The first-order chi connectivity index (χ1) is 9.49. The summed E-state index contributed by atoms with van der Waals surface area (Å²) in [5.74, 6) is 0.0713. The van der Waals surface area contributed by atoms with Gasteiger partial charge in [0.1, 0.15) is 5.75 Å². The number of aromatic hydroxyl groups is 1. The maximum absolute atomic E-state index is 12.3. The summed E-state index contributed by atoms with van der Waals surface area (Å²) in [6, 6.07) is 5.81. The summed E-state index contributed by atoms with van der Waals surface area (Å²) in [6.45, 7) is 0.437. The first-order valence-corrected chi connectivity index (χ1v) is 6.30. The molecule has 1 aromatic rings. The van der Waals surface area contributed by atoms with Crippen molar-refractivity contribution in [3.63, 3.8) is 0 Å². The molecule has 3 rings (SSSR count). The number of urea groups is 1. The summed E-state index contributed by atoms with van der Waals surface area (Å²) in [5, 5.41) is 12.2. The number of carbonyl (C=O) groups excluding carboxylic acids is 2. The Morgan fingerprint density at radius 1 is 1.20 bits per heavy atom. The topological polar surface area (TPSA) is 72.9 Å². The van der Waals surface area contributed by atoms with Gasteiger partial charge in [0.15, 0.2) is 0 Å². The van der Waals surface area contributed by atoms with E-state index in [9.17, 15) is 14.7 Å². The van der Waals surface area contributed by atoms with Crippen molar-refractivity contribution in [1.29, 1.82) is 0 Å². The Morgan fingerprint density at radius 2 is 1.85 bits per heavy atom. The highest BCUT2D eigenvalue weighted by Gasteiger charge is 2.41. The summed E-state index contributed by atoms with van der Waals surface area (Å²) in [6.07, 6.45) is 0. The van der Waals surface area contributed by atoms with Crippen molar-refractivity contribution < 1.29 is 14.7 Å². The summed E-state index contributed by atoms with van der Waals surface area (Å²) >= 11 is 0. The van der Waals surface area contributed by atoms with E-state index < -0.39 is 6.04 Å². The van der Waals surface area contributed by atoms with E-state index in [4.69, 9.17) is 0 Å². The van der Waals surface area contributed by atoms with Gasteiger partial charge >= 0.3 is 6.03 Å². The van der Waals surface area contributed by atoms with E-state index in [2.05, 4.69) is 5.32 Å². The molecule has 0 saturated carbocycles. The van der Waals surface area contributed by atoms with Gasteiger partial charge in [-0.05, 0) is 17.7 Å². The fourth-order valence-corrected chi connectivity index (χ4v) is 2.62. The van der Waals surface area contributed by atoms with Crippen molar-refractivity contribution in [2.24, 2.45) is 0 Å². The van der Waals surface area contributed by atoms with E-state index >= 15 is 0 Å². The highest BCUT2D eigenvalue weighted by molar-refractivity contribution is 6.01. The molecule has 6 heteroatoms. The monoisotopic (exact) mass is 273 g/mol. The molecule has 0 fully saturated rings. The normalized spacial score (nSPS) is 22.2. The van der Waals surface area contributed by atoms with E-state index in [1.165, 1.54) is 4.90 Å². The number of rotatable bonds is 1. The number of nitrogens with one attached hydrogen (secondary N) is 1. The molecule has 20 heavy (non-hydrogen) atoms. The molecule has 0 spiro atoms. The van der Waals surface area contributed by atoms with Crippen molar-refractivity contribution in [2.75, 3.05) is 20.6 Å². The van der Waals surface area contributed by atoms with Crippen LogP contribution in [0.3, 0.4) is 0 Å². The molecule has 2 aliphatic heterocycles. The van der Waals surface area contributed by atoms with Crippen LogP contribution in [0, 0.1) is 0 Å². The predicted octanol–water partition coefficient (Wildman–Crippen LogP) is 0.814. The van der Waals surface area contributed by atoms with E-state index in [1.807, 2.05) is 0 Å². The maximum atomic E-state index is 12.3. The number of hydrogen-bond donors (Lipinski definition) is 2. The summed E-state index contributed by atoms with van der Waals surface area (Å²) in [7, 11) is 3.37. The van der Waals surface area contributed by atoms with E-state index in [-0.39, 0.29) is 17.7 Å². The lowest BCUT2D eigenvalue weighted by molar-refractivity contribution is -0.124. The van der Waals surface area contributed by atoms with Crippen LogP contribution in [-0.4, -0.2) is 47.5 Å². The van der Waals surface area contributed by atoms with Crippen LogP contribution >= 0.6 is 0 Å². The van der Waals surface area contributed by atoms with Crippen LogP contribution in [0.5, 0.6) is 5.75 Å². The molecule has 2 aliphatic rings. The van der Waals surface area contributed by atoms with Crippen LogP contribution in [-0.2, 0) is 4.79 Å². The Labute approximate surface area is 116 Å². The van der Waals surface area contributed by atoms with Crippen LogP contribution in [0.2, 0.25) is 0 Å². The van der Waals surface area contributed by atoms with Crippen LogP contribution < -0.4 is 5.32 Å². The number of nitrogens with zero attached hydrogens (tertiary/aromatic N) is 2. The SMILES string of the molecule is CN1CC2=C(C1=O)[C@H](c1ccc(O)cc1)NC(=O)N2C. The lowest BCUT2D eigenvalue weighted by atomic mass is 9.96. The second-order valence-electron chi connectivity index (χ2n) is 5.05. The van der Waals surface area contributed by atoms with Gasteiger partial charge in [-0.1, -0.05) is 12.1 Å². The third-order valence-corrected chi connectivity index (χ3v) is 3.77. The van der Waals surface area contributed by atoms with Gasteiger partial charge in [-0.2, -0.15) is 0 Å². The molecule has 0 bridgehead atoms. The predicted molar refractivity (Wildman–Crippen MR) is 71.8 cm³/mol. The Morgan fingerprint density at radius 3 is 2.50 bits per heavy atom. The average Bonchev–Trinajstić information content (AvgIpc) is 2.72. The zero-order chi connectivity index (χ0) is 14.4. The number of hydrogen-bond acceptors (Lipinski definition) is 3. The molecule has 0 aliphatic carbocycles. The second kappa shape index (κ2) is 4.26. The molecule has 2 heterocycles. The van der Waals surface area contributed by atoms with Gasteiger partial charge in [0.05, 0.1) is 23.9 Å². The van der Waals surface area contributed by atoms with Crippen molar-refractivity contribution in [2.45, 2.75) is 6.04 Å². The highest BCUT2D eigenvalue weighted by Crippen LogP contribution is 2.35. The molecule has 6 nitrogen and oxygen atoms in total. The first kappa shape index (κ1) is 12.5. The summed E-state index contributed by atoms with van der Waals surface area (Å²) in [5.41, 5.74) is 2.11. The Balaban J connectivity index is 2.08. The molecular weight excluding hydrogens is 258 g/mol. The fourth-order valence-electron chi connectivity index (χ4n) is 2.62. The quantitative estimate of drug-likeness (QED) is 0.795. The number of benzene rings is 1. The van der Waals surface area contributed by atoms with Crippen LogP contribution in [0.4, 0.5) is 4.79 Å². The van der Waals surface area contributed by atoms with Crippen LogP contribution in [0.1, 0.15) is 11.6 Å². The zero-order valence-electron chi connectivity index (χ0n) is 11.3. The number of phenols is 1. The minimum atomic E-state index is -0.466. The molecule has 104 valence electrons. The number of carbonyl (C=O) groups is 2. The molecule has 2 N–H and O–H groups in total. The lowest BCUT2D eigenvalue weighted by Gasteiger charge is -2.31. The minimum Gasteiger partial charge on any atom is -0.508 e. The molecule has 0 unspecified atom stereocenters. The van der Waals surface area contributed by atoms with Gasteiger partial charge in [-0.3, -0.25) is 9.69 Å². The van der Waals surface area contributed by atoms with Gasteiger partial charge in [0.25, 0.3) is 5.91 Å². The van der Waals surface area contributed by atoms with Crippen LogP contribution in [0.25, 0.3) is 0 Å². The smallest absolute Gasteiger partial charge is 0.322 e. The highest BCUT2D eigenvalue weighted by atomic mass is 16.3. The van der Waals surface area contributed by atoms with Gasteiger partial charge in [0, 0.05) is 14.1 Å². The molecule has 0 saturated heterocycles. The largest absolute Gasteiger partial charge is 0.508 e. The molecule has 1 atom stereocenters. The third-order valence-electron chi connectivity index (χ3n) is 3.77. The Hall–Kier alpha value is -2.50. The van der Waals surface area contributed by atoms with Crippen molar-refractivity contribution in [1.82, 2.24) is 15.1 Å². The fraction of sp³-hybridized carbons (Fsp3) is 0.286. The molecule has 0 aromatic heterocycles. The zero-order valence-corrected chi connectivity index (χ0v) is 11.3. The average molecular weight is 273 g/mol. The van der Waals surface area contributed by atoms with E-state index in [0.29, 0.717) is 12.1 Å². The van der Waals surface area contributed by atoms with Crippen molar-refractivity contribution in [3.05, 3.63) is 41.1 Å². The number of likely N-dealkylation sites (N-methyl/N-ethyl adjacent to an activating group) is 2.